The summed E-state index contributed by atoms with van der Waals surface area (Å²) in [4.78, 5) is 16.6. The number of sulfonamides is 1. The Morgan fingerprint density at radius 1 is 1.03 bits per heavy atom. The third-order valence-electron chi connectivity index (χ3n) is 4.52. The summed E-state index contributed by atoms with van der Waals surface area (Å²) in [5.74, 6) is -0.408. The lowest BCUT2D eigenvalue weighted by atomic mass is 10.2. The third-order valence-corrected chi connectivity index (χ3v) is 6.70. The highest BCUT2D eigenvalue weighted by molar-refractivity contribution is 7.89. The van der Waals surface area contributed by atoms with Gasteiger partial charge in [-0.1, -0.05) is 47.5 Å². The van der Waals surface area contributed by atoms with Crippen molar-refractivity contribution in [2.45, 2.75) is 24.9 Å². The largest absolute Gasteiger partial charge is 0.351 e. The van der Waals surface area contributed by atoms with Crippen LogP contribution in [-0.2, 0) is 27.9 Å². The SMILES string of the molecule is Cc1ccc(S(=O)(=O)N(CC(=O)NCc2ccncc2)Cc2ccccc2Cl)cc1. The van der Waals surface area contributed by atoms with Gasteiger partial charge in [-0.05, 0) is 48.4 Å². The summed E-state index contributed by atoms with van der Waals surface area (Å²) >= 11 is 6.23. The maximum Gasteiger partial charge on any atom is 0.243 e. The predicted octanol–water partition coefficient (Wildman–Crippen LogP) is 3.55. The van der Waals surface area contributed by atoms with Crippen LogP contribution in [0, 0.1) is 6.92 Å². The van der Waals surface area contributed by atoms with Crippen LogP contribution in [0.1, 0.15) is 16.7 Å². The van der Waals surface area contributed by atoms with E-state index in [0.717, 1.165) is 15.4 Å². The minimum absolute atomic E-state index is 0.0153. The number of carbonyl (C=O) groups excluding carboxylic acids is 1. The molecule has 6 nitrogen and oxygen atoms in total. The van der Waals surface area contributed by atoms with Crippen LogP contribution in [0.4, 0.5) is 0 Å². The van der Waals surface area contributed by atoms with Gasteiger partial charge in [0.05, 0.1) is 11.4 Å². The summed E-state index contributed by atoms with van der Waals surface area (Å²) in [5.41, 5.74) is 2.44. The van der Waals surface area contributed by atoms with Crippen LogP contribution in [0.25, 0.3) is 0 Å². The van der Waals surface area contributed by atoms with Gasteiger partial charge in [-0.15, -0.1) is 0 Å². The van der Waals surface area contributed by atoms with Crippen LogP contribution < -0.4 is 5.32 Å². The normalized spacial score (nSPS) is 11.4. The van der Waals surface area contributed by atoms with Crippen molar-refractivity contribution >= 4 is 27.5 Å². The number of aromatic nitrogens is 1. The van der Waals surface area contributed by atoms with E-state index in [2.05, 4.69) is 10.3 Å². The van der Waals surface area contributed by atoms with Gasteiger partial charge in [0.1, 0.15) is 0 Å². The Hall–Kier alpha value is -2.74. The smallest absolute Gasteiger partial charge is 0.243 e. The monoisotopic (exact) mass is 443 g/mol. The van der Waals surface area contributed by atoms with E-state index in [1.165, 1.54) is 0 Å². The number of hydrogen-bond donors (Lipinski definition) is 1. The number of hydrogen-bond acceptors (Lipinski definition) is 4. The first-order valence-corrected chi connectivity index (χ1v) is 11.1. The van der Waals surface area contributed by atoms with Gasteiger partial charge in [0.25, 0.3) is 0 Å². The van der Waals surface area contributed by atoms with E-state index in [4.69, 9.17) is 11.6 Å². The quantitative estimate of drug-likeness (QED) is 0.577. The van der Waals surface area contributed by atoms with Crippen LogP contribution in [0.5, 0.6) is 0 Å². The van der Waals surface area contributed by atoms with Crippen molar-refractivity contribution in [1.82, 2.24) is 14.6 Å². The maximum absolute atomic E-state index is 13.3. The van der Waals surface area contributed by atoms with Gasteiger partial charge in [-0.25, -0.2) is 8.42 Å². The van der Waals surface area contributed by atoms with Gasteiger partial charge in [-0.3, -0.25) is 9.78 Å². The molecule has 1 amide bonds. The zero-order chi connectivity index (χ0) is 21.6. The van der Waals surface area contributed by atoms with Crippen molar-refractivity contribution in [3.8, 4) is 0 Å². The summed E-state index contributed by atoms with van der Waals surface area (Å²) in [7, 11) is -3.91. The number of pyridine rings is 1. The van der Waals surface area contributed by atoms with Crippen LogP contribution >= 0.6 is 11.6 Å². The average Bonchev–Trinajstić information content (AvgIpc) is 2.74. The van der Waals surface area contributed by atoms with Crippen molar-refractivity contribution in [3.63, 3.8) is 0 Å². The molecule has 0 saturated heterocycles. The predicted molar refractivity (Wildman–Crippen MR) is 116 cm³/mol. The van der Waals surface area contributed by atoms with Crippen LogP contribution in [0.3, 0.4) is 0 Å². The Bertz CT molecular complexity index is 1100. The highest BCUT2D eigenvalue weighted by Gasteiger charge is 2.27. The number of nitrogens with zero attached hydrogens (tertiary/aromatic N) is 2. The molecule has 0 bridgehead atoms. The second-order valence-electron chi connectivity index (χ2n) is 6.81. The van der Waals surface area contributed by atoms with Crippen molar-refractivity contribution in [2.75, 3.05) is 6.54 Å². The second-order valence-corrected chi connectivity index (χ2v) is 9.15. The van der Waals surface area contributed by atoms with Crippen molar-refractivity contribution < 1.29 is 13.2 Å². The lowest BCUT2D eigenvalue weighted by Gasteiger charge is -2.22. The van der Waals surface area contributed by atoms with Gasteiger partial charge in [0.15, 0.2) is 0 Å². The molecule has 0 spiro atoms. The molecular formula is C22H22ClN3O3S. The topological polar surface area (TPSA) is 79.4 Å². The number of benzene rings is 2. The molecule has 2 aromatic carbocycles. The Morgan fingerprint density at radius 2 is 1.70 bits per heavy atom. The van der Waals surface area contributed by atoms with Crippen LogP contribution in [-0.4, -0.2) is 30.2 Å². The fourth-order valence-corrected chi connectivity index (χ4v) is 4.39. The van der Waals surface area contributed by atoms with E-state index in [-0.39, 0.29) is 24.5 Å². The highest BCUT2D eigenvalue weighted by atomic mass is 35.5. The van der Waals surface area contributed by atoms with E-state index in [1.807, 2.05) is 6.92 Å². The zero-order valence-corrected chi connectivity index (χ0v) is 18.0. The summed E-state index contributed by atoms with van der Waals surface area (Å²) in [6.07, 6.45) is 3.26. The molecule has 0 aliphatic rings. The molecule has 1 heterocycles. The van der Waals surface area contributed by atoms with Crippen molar-refractivity contribution in [1.29, 1.82) is 0 Å². The number of nitrogens with one attached hydrogen (secondary N) is 1. The number of amides is 1. The van der Waals surface area contributed by atoms with Gasteiger partial charge in [0.2, 0.25) is 15.9 Å². The Morgan fingerprint density at radius 3 is 2.37 bits per heavy atom. The molecule has 8 heteroatoms. The second kappa shape index (κ2) is 9.84. The molecule has 3 rings (SSSR count). The van der Waals surface area contributed by atoms with Gasteiger partial charge < -0.3 is 5.32 Å². The van der Waals surface area contributed by atoms with E-state index in [1.54, 1.807) is 73.1 Å². The third kappa shape index (κ3) is 5.66. The highest BCUT2D eigenvalue weighted by Crippen LogP contribution is 2.22. The summed E-state index contributed by atoms with van der Waals surface area (Å²) in [6.45, 7) is 1.82. The molecule has 0 saturated carbocycles. The molecule has 1 N–H and O–H groups in total. The standard InChI is InChI=1S/C22H22ClN3O3S/c1-17-6-8-20(9-7-17)30(28,29)26(15-19-4-2-3-5-21(19)23)16-22(27)25-14-18-10-12-24-13-11-18/h2-13H,14-16H2,1H3,(H,25,27). The number of halogens is 1. The molecule has 0 aliphatic carbocycles. The Balaban J connectivity index is 1.82. The zero-order valence-electron chi connectivity index (χ0n) is 16.5. The minimum atomic E-state index is -3.91. The van der Waals surface area contributed by atoms with Crippen LogP contribution in [0.15, 0.2) is 78.0 Å². The number of aryl methyl sites for hydroxylation is 1. The number of carbonyl (C=O) groups is 1. The first-order valence-electron chi connectivity index (χ1n) is 9.32. The Kier molecular flexibility index (Phi) is 7.20. The summed E-state index contributed by atoms with van der Waals surface area (Å²) in [5, 5.41) is 3.20. The lowest BCUT2D eigenvalue weighted by Crippen LogP contribution is -2.40. The van der Waals surface area contributed by atoms with Crippen molar-refractivity contribution in [3.05, 3.63) is 94.8 Å². The van der Waals surface area contributed by atoms with E-state index < -0.39 is 15.9 Å². The lowest BCUT2D eigenvalue weighted by molar-refractivity contribution is -0.121. The molecule has 0 radical (unpaired) electrons. The molecule has 0 aliphatic heterocycles. The van der Waals surface area contributed by atoms with Crippen LogP contribution in [0.2, 0.25) is 5.02 Å². The van der Waals surface area contributed by atoms with Gasteiger partial charge in [0, 0.05) is 30.5 Å². The molecule has 1 aromatic heterocycles. The molecule has 3 aromatic rings. The molecule has 30 heavy (non-hydrogen) atoms. The van der Waals surface area contributed by atoms with Gasteiger partial charge in [-0.2, -0.15) is 4.31 Å². The summed E-state index contributed by atoms with van der Waals surface area (Å²) < 4.78 is 27.7. The minimum Gasteiger partial charge on any atom is -0.351 e. The van der Waals surface area contributed by atoms with Crippen molar-refractivity contribution in [2.24, 2.45) is 0 Å². The fourth-order valence-electron chi connectivity index (χ4n) is 2.82. The molecule has 156 valence electrons. The Labute approximate surface area is 181 Å². The molecule has 0 fully saturated rings. The molecule has 0 unspecified atom stereocenters. The first-order chi connectivity index (χ1) is 14.4. The van der Waals surface area contributed by atoms with E-state index >= 15 is 0 Å². The fraction of sp³-hybridized carbons (Fsp3) is 0.182. The number of rotatable bonds is 8. The summed E-state index contributed by atoms with van der Waals surface area (Å²) in [6, 6.07) is 17.1. The average molecular weight is 444 g/mol. The molecular weight excluding hydrogens is 422 g/mol. The first kappa shape index (κ1) is 22.0. The van der Waals surface area contributed by atoms with E-state index in [9.17, 15) is 13.2 Å². The van der Waals surface area contributed by atoms with E-state index in [0.29, 0.717) is 10.6 Å². The molecule has 0 atom stereocenters. The maximum atomic E-state index is 13.3. The van der Waals surface area contributed by atoms with Gasteiger partial charge >= 0.3 is 0 Å².